The molecule has 1 N–H and O–H groups in total. The summed E-state index contributed by atoms with van der Waals surface area (Å²) < 4.78 is 5.45. The molecule has 1 heterocycles. The second-order valence-corrected chi connectivity index (χ2v) is 8.83. The topological polar surface area (TPSA) is 61.9 Å². The Balaban J connectivity index is 1.99. The van der Waals surface area contributed by atoms with Gasteiger partial charge in [-0.25, -0.2) is 4.79 Å². The zero-order valence-electron chi connectivity index (χ0n) is 18.1. The van der Waals surface area contributed by atoms with Gasteiger partial charge in [0.15, 0.2) is 0 Å². The van der Waals surface area contributed by atoms with Crippen LogP contribution in [0.4, 0.5) is 4.79 Å². The summed E-state index contributed by atoms with van der Waals surface area (Å²) in [6, 6.07) is 8.15. The van der Waals surface area contributed by atoms with Crippen molar-refractivity contribution in [2.75, 3.05) is 13.6 Å². The Morgan fingerprint density at radius 3 is 2.50 bits per heavy atom. The third-order valence-electron chi connectivity index (χ3n) is 5.06. The van der Waals surface area contributed by atoms with E-state index in [4.69, 9.17) is 4.74 Å². The zero-order chi connectivity index (χ0) is 20.9. The molecule has 1 atom stereocenters. The number of ether oxygens (including phenoxy) is 1. The van der Waals surface area contributed by atoms with Crippen LogP contribution in [-0.2, 0) is 22.6 Å². The van der Waals surface area contributed by atoms with Gasteiger partial charge < -0.3 is 10.1 Å². The van der Waals surface area contributed by atoms with Crippen molar-refractivity contribution in [1.29, 1.82) is 0 Å². The second kappa shape index (κ2) is 9.41. The summed E-state index contributed by atoms with van der Waals surface area (Å²) in [5, 5.41) is 3.02. The molecular formula is C22H35N3O3. The van der Waals surface area contributed by atoms with E-state index >= 15 is 0 Å². The maximum Gasteiger partial charge on any atom is 0.410 e. The van der Waals surface area contributed by atoms with Gasteiger partial charge in [-0.15, -0.1) is 0 Å². The number of likely N-dealkylation sites (tertiary alicyclic amines) is 1. The number of benzene rings is 1. The second-order valence-electron chi connectivity index (χ2n) is 8.83. The molecule has 0 aliphatic carbocycles. The Morgan fingerprint density at radius 2 is 1.89 bits per heavy atom. The molecule has 0 spiro atoms. The maximum atomic E-state index is 12.8. The van der Waals surface area contributed by atoms with Gasteiger partial charge in [-0.2, -0.15) is 0 Å². The highest BCUT2D eigenvalue weighted by atomic mass is 16.6. The van der Waals surface area contributed by atoms with Gasteiger partial charge in [0.2, 0.25) is 5.91 Å². The van der Waals surface area contributed by atoms with E-state index in [1.54, 1.807) is 4.90 Å². The first kappa shape index (κ1) is 22.2. The van der Waals surface area contributed by atoms with Crippen LogP contribution in [0.15, 0.2) is 24.3 Å². The first-order valence-electron chi connectivity index (χ1n) is 10.1. The van der Waals surface area contributed by atoms with Crippen LogP contribution in [0.5, 0.6) is 0 Å². The van der Waals surface area contributed by atoms with Crippen LogP contribution in [-0.4, -0.2) is 53.1 Å². The van der Waals surface area contributed by atoms with E-state index in [0.29, 0.717) is 25.6 Å². The Bertz CT molecular complexity index is 682. The highest BCUT2D eigenvalue weighted by molar-refractivity contribution is 5.86. The number of carbonyl (C=O) groups excluding carboxylic acids is 2. The van der Waals surface area contributed by atoms with Gasteiger partial charge in [0, 0.05) is 25.7 Å². The van der Waals surface area contributed by atoms with E-state index in [-0.39, 0.29) is 5.91 Å². The lowest BCUT2D eigenvalue weighted by Crippen LogP contribution is -2.47. The van der Waals surface area contributed by atoms with Gasteiger partial charge >= 0.3 is 6.09 Å². The van der Waals surface area contributed by atoms with Crippen LogP contribution < -0.4 is 5.32 Å². The van der Waals surface area contributed by atoms with Gasteiger partial charge in [0.25, 0.3) is 0 Å². The van der Waals surface area contributed by atoms with Crippen molar-refractivity contribution in [3.8, 4) is 0 Å². The number of rotatable bonds is 6. The monoisotopic (exact) mass is 389 g/mol. The third kappa shape index (κ3) is 6.23. The fourth-order valence-corrected chi connectivity index (χ4v) is 3.21. The van der Waals surface area contributed by atoms with Crippen molar-refractivity contribution in [1.82, 2.24) is 15.1 Å². The number of carbonyl (C=O) groups is 2. The lowest BCUT2D eigenvalue weighted by Gasteiger charge is -2.28. The lowest BCUT2D eigenvalue weighted by molar-refractivity contribution is -0.125. The van der Waals surface area contributed by atoms with E-state index in [1.807, 2.05) is 39.0 Å². The molecule has 0 unspecified atom stereocenters. The van der Waals surface area contributed by atoms with E-state index in [2.05, 4.69) is 37.2 Å². The molecule has 1 aliphatic heterocycles. The molecule has 1 aromatic rings. The van der Waals surface area contributed by atoms with Crippen LogP contribution in [0, 0.1) is 0 Å². The van der Waals surface area contributed by atoms with E-state index in [0.717, 1.165) is 18.5 Å². The fraction of sp³-hybridized carbons (Fsp3) is 0.636. The Kier molecular flexibility index (Phi) is 7.47. The number of amides is 2. The minimum Gasteiger partial charge on any atom is -0.444 e. The molecule has 1 fully saturated rings. The summed E-state index contributed by atoms with van der Waals surface area (Å²) >= 11 is 0. The van der Waals surface area contributed by atoms with Crippen molar-refractivity contribution in [3.63, 3.8) is 0 Å². The lowest BCUT2D eigenvalue weighted by atomic mass is 10.1. The average Bonchev–Trinajstić information content (AvgIpc) is 3.09. The molecular weight excluding hydrogens is 354 g/mol. The van der Waals surface area contributed by atoms with Gasteiger partial charge in [0.1, 0.15) is 11.6 Å². The first-order valence-corrected chi connectivity index (χ1v) is 10.1. The Morgan fingerprint density at radius 1 is 1.25 bits per heavy atom. The van der Waals surface area contributed by atoms with Crippen LogP contribution in [0.2, 0.25) is 0 Å². The van der Waals surface area contributed by atoms with Crippen LogP contribution in [0.25, 0.3) is 0 Å². The molecule has 6 heteroatoms. The molecule has 2 amide bonds. The van der Waals surface area contributed by atoms with Crippen molar-refractivity contribution >= 4 is 12.0 Å². The first-order chi connectivity index (χ1) is 13.1. The van der Waals surface area contributed by atoms with E-state index in [1.165, 1.54) is 5.56 Å². The van der Waals surface area contributed by atoms with Gasteiger partial charge in [-0.05, 0) is 65.6 Å². The van der Waals surface area contributed by atoms with Crippen molar-refractivity contribution in [3.05, 3.63) is 35.4 Å². The summed E-state index contributed by atoms with van der Waals surface area (Å²) in [6.45, 7) is 11.7. The standard InChI is InChI=1S/C22H35N3O3/c1-16(2)24(6)15-18-11-8-7-10-17(18)14-23-20(26)19-12-9-13-25(19)21(27)28-22(3,4)5/h7-8,10-11,16,19H,9,12-15H2,1-6H3,(H,23,26)/t19-/m0/s1. The normalized spacial score (nSPS) is 17.3. The van der Waals surface area contributed by atoms with Crippen LogP contribution in [0.1, 0.15) is 58.6 Å². The quantitative estimate of drug-likeness (QED) is 0.808. The van der Waals surface area contributed by atoms with Gasteiger partial charge in [-0.3, -0.25) is 14.6 Å². The molecule has 0 radical (unpaired) electrons. The van der Waals surface area contributed by atoms with E-state index in [9.17, 15) is 9.59 Å². The van der Waals surface area contributed by atoms with Gasteiger partial charge in [0.05, 0.1) is 0 Å². The number of nitrogens with one attached hydrogen (secondary N) is 1. The zero-order valence-corrected chi connectivity index (χ0v) is 18.1. The molecule has 0 bridgehead atoms. The molecule has 1 aromatic carbocycles. The average molecular weight is 390 g/mol. The summed E-state index contributed by atoms with van der Waals surface area (Å²) in [4.78, 5) is 29.0. The maximum absolute atomic E-state index is 12.8. The highest BCUT2D eigenvalue weighted by Gasteiger charge is 2.36. The summed E-state index contributed by atoms with van der Waals surface area (Å²) in [6.07, 6.45) is 1.07. The predicted octanol–water partition coefficient (Wildman–Crippen LogP) is 3.54. The van der Waals surface area contributed by atoms with E-state index < -0.39 is 17.7 Å². The predicted molar refractivity (Wildman–Crippen MR) is 111 cm³/mol. The van der Waals surface area contributed by atoms with Crippen molar-refractivity contribution < 1.29 is 14.3 Å². The Hall–Kier alpha value is -2.08. The summed E-state index contributed by atoms with van der Waals surface area (Å²) in [5.41, 5.74) is 1.74. The number of hydrogen-bond acceptors (Lipinski definition) is 4. The molecule has 28 heavy (non-hydrogen) atoms. The number of nitrogens with zero attached hydrogens (tertiary/aromatic N) is 2. The minimum atomic E-state index is -0.567. The Labute approximate surface area is 169 Å². The van der Waals surface area contributed by atoms with Crippen LogP contribution in [0.3, 0.4) is 0 Å². The third-order valence-corrected chi connectivity index (χ3v) is 5.06. The largest absolute Gasteiger partial charge is 0.444 e. The van der Waals surface area contributed by atoms with Crippen LogP contribution >= 0.6 is 0 Å². The summed E-state index contributed by atoms with van der Waals surface area (Å²) in [7, 11) is 2.09. The van der Waals surface area contributed by atoms with Crippen molar-refractivity contribution in [2.45, 2.75) is 78.2 Å². The molecule has 1 saturated heterocycles. The smallest absolute Gasteiger partial charge is 0.410 e. The summed E-state index contributed by atoms with van der Waals surface area (Å²) in [5.74, 6) is -0.115. The molecule has 0 aromatic heterocycles. The molecule has 1 aliphatic rings. The highest BCUT2D eigenvalue weighted by Crippen LogP contribution is 2.21. The minimum absolute atomic E-state index is 0.115. The van der Waals surface area contributed by atoms with Crippen molar-refractivity contribution in [2.24, 2.45) is 0 Å². The SMILES string of the molecule is CC(C)N(C)Cc1ccccc1CNC(=O)[C@@H]1CCCN1C(=O)OC(C)(C)C. The fourth-order valence-electron chi connectivity index (χ4n) is 3.21. The molecule has 156 valence electrons. The molecule has 6 nitrogen and oxygen atoms in total. The number of hydrogen-bond donors (Lipinski definition) is 1. The molecule has 2 rings (SSSR count). The molecule has 0 saturated carbocycles. The van der Waals surface area contributed by atoms with Gasteiger partial charge in [-0.1, -0.05) is 24.3 Å².